The van der Waals surface area contributed by atoms with Crippen molar-refractivity contribution < 1.29 is 13.2 Å². The Morgan fingerprint density at radius 2 is 1.70 bits per heavy atom. The molecule has 0 radical (unpaired) electrons. The molecular weight excluding hydrogens is 436 g/mol. The summed E-state index contributed by atoms with van der Waals surface area (Å²) in [5.41, 5.74) is 4.22. The van der Waals surface area contributed by atoms with Crippen molar-refractivity contribution in [1.82, 2.24) is 15.1 Å². The van der Waals surface area contributed by atoms with Crippen LogP contribution < -0.4 is 10.0 Å². The van der Waals surface area contributed by atoms with Crippen LogP contribution >= 0.6 is 0 Å². The second kappa shape index (κ2) is 9.30. The van der Waals surface area contributed by atoms with Gasteiger partial charge in [-0.25, -0.2) is 13.1 Å². The first-order valence-corrected chi connectivity index (χ1v) is 11.9. The van der Waals surface area contributed by atoms with E-state index in [-0.39, 0.29) is 17.3 Å². The smallest absolute Gasteiger partial charge is 0.261 e. The molecule has 0 aliphatic heterocycles. The lowest BCUT2D eigenvalue weighted by Gasteiger charge is -2.12. The minimum absolute atomic E-state index is 0.0238. The predicted molar refractivity (Wildman–Crippen MR) is 128 cm³/mol. The van der Waals surface area contributed by atoms with E-state index in [1.807, 2.05) is 55.6 Å². The number of amides is 1. The van der Waals surface area contributed by atoms with Gasteiger partial charge in [0.1, 0.15) is 0 Å². The molecule has 0 fully saturated rings. The van der Waals surface area contributed by atoms with E-state index in [0.29, 0.717) is 16.8 Å². The average Bonchev–Trinajstić information content (AvgIpc) is 3.29. The van der Waals surface area contributed by atoms with Gasteiger partial charge >= 0.3 is 0 Å². The maximum Gasteiger partial charge on any atom is 0.261 e. The van der Waals surface area contributed by atoms with Crippen molar-refractivity contribution in [3.8, 4) is 5.69 Å². The topological polar surface area (TPSA) is 93.1 Å². The number of sulfonamides is 1. The van der Waals surface area contributed by atoms with Crippen molar-refractivity contribution in [1.29, 1.82) is 0 Å². The fourth-order valence-corrected chi connectivity index (χ4v) is 4.38. The van der Waals surface area contributed by atoms with Gasteiger partial charge in [-0.3, -0.25) is 9.52 Å². The molecule has 3 aromatic carbocycles. The summed E-state index contributed by atoms with van der Waals surface area (Å²) in [6, 6.07) is 21.2. The molecule has 0 atom stereocenters. The van der Waals surface area contributed by atoms with Crippen LogP contribution in [0.15, 0.2) is 90.1 Å². The van der Waals surface area contributed by atoms with E-state index < -0.39 is 10.0 Å². The van der Waals surface area contributed by atoms with E-state index in [0.717, 1.165) is 16.8 Å². The van der Waals surface area contributed by atoms with E-state index in [1.54, 1.807) is 36.0 Å². The fourth-order valence-electron chi connectivity index (χ4n) is 3.30. The van der Waals surface area contributed by atoms with Crippen molar-refractivity contribution in [2.75, 3.05) is 4.72 Å². The number of hydrogen-bond donors (Lipinski definition) is 2. The second-order valence-electron chi connectivity index (χ2n) is 7.76. The third-order valence-corrected chi connectivity index (χ3v) is 6.56. The molecular formula is C25H24N4O3S. The summed E-state index contributed by atoms with van der Waals surface area (Å²) in [6.07, 6.45) is 3.53. The standard InChI is InChI=1S/C25H24N4O3S/c1-18-8-11-21(12-9-18)28-33(31,32)23-13-10-19(2)24(14-23)25(30)26-15-20-16-27-29(17-20)22-6-4-3-5-7-22/h3-14,16-17,28H,15H2,1-2H3,(H,26,30). The van der Waals surface area contributed by atoms with Gasteiger partial charge in [-0.2, -0.15) is 5.10 Å². The Bertz CT molecular complexity index is 1380. The lowest BCUT2D eigenvalue weighted by atomic mass is 10.1. The van der Waals surface area contributed by atoms with Gasteiger partial charge in [0, 0.05) is 29.6 Å². The summed E-state index contributed by atoms with van der Waals surface area (Å²) in [5, 5.41) is 7.17. The highest BCUT2D eigenvalue weighted by molar-refractivity contribution is 7.92. The summed E-state index contributed by atoms with van der Waals surface area (Å²) in [5.74, 6) is -0.354. The summed E-state index contributed by atoms with van der Waals surface area (Å²) < 4.78 is 30.0. The van der Waals surface area contributed by atoms with E-state index in [9.17, 15) is 13.2 Å². The highest BCUT2D eigenvalue weighted by atomic mass is 32.2. The van der Waals surface area contributed by atoms with Crippen molar-refractivity contribution in [3.63, 3.8) is 0 Å². The zero-order chi connectivity index (χ0) is 23.4. The molecule has 8 heteroatoms. The zero-order valence-corrected chi connectivity index (χ0v) is 19.1. The SMILES string of the molecule is Cc1ccc(NS(=O)(=O)c2ccc(C)c(C(=O)NCc3cnn(-c4ccccc4)c3)c2)cc1. The molecule has 1 amide bonds. The Morgan fingerprint density at radius 3 is 2.42 bits per heavy atom. The van der Waals surface area contributed by atoms with Gasteiger partial charge in [-0.05, 0) is 55.8 Å². The van der Waals surface area contributed by atoms with Crippen LogP contribution in [0.2, 0.25) is 0 Å². The molecule has 33 heavy (non-hydrogen) atoms. The number of carbonyl (C=O) groups excluding carboxylic acids is 1. The minimum Gasteiger partial charge on any atom is -0.348 e. The quantitative estimate of drug-likeness (QED) is 0.432. The first-order valence-electron chi connectivity index (χ1n) is 10.4. The van der Waals surface area contributed by atoms with Crippen LogP contribution in [0.25, 0.3) is 5.69 Å². The molecule has 7 nitrogen and oxygen atoms in total. The highest BCUT2D eigenvalue weighted by Gasteiger charge is 2.18. The van der Waals surface area contributed by atoms with Crippen molar-refractivity contribution in [3.05, 3.63) is 107 Å². The van der Waals surface area contributed by atoms with Crippen molar-refractivity contribution in [2.24, 2.45) is 0 Å². The average molecular weight is 461 g/mol. The normalized spacial score (nSPS) is 11.2. The molecule has 0 aliphatic carbocycles. The molecule has 2 N–H and O–H groups in total. The molecule has 0 saturated carbocycles. The van der Waals surface area contributed by atoms with Crippen LogP contribution in [0.3, 0.4) is 0 Å². The number of nitrogens with one attached hydrogen (secondary N) is 2. The third kappa shape index (κ3) is 5.30. The van der Waals surface area contributed by atoms with Crippen LogP contribution in [-0.2, 0) is 16.6 Å². The van der Waals surface area contributed by atoms with Crippen LogP contribution in [0.1, 0.15) is 27.0 Å². The van der Waals surface area contributed by atoms with Gasteiger partial charge < -0.3 is 5.32 Å². The third-order valence-electron chi connectivity index (χ3n) is 5.18. The molecule has 0 aliphatic rings. The second-order valence-corrected chi connectivity index (χ2v) is 9.44. The van der Waals surface area contributed by atoms with Crippen LogP contribution in [-0.4, -0.2) is 24.1 Å². The summed E-state index contributed by atoms with van der Waals surface area (Å²) >= 11 is 0. The summed E-state index contributed by atoms with van der Waals surface area (Å²) in [4.78, 5) is 12.9. The summed E-state index contributed by atoms with van der Waals surface area (Å²) in [6.45, 7) is 3.96. The van der Waals surface area contributed by atoms with Crippen LogP contribution in [0.4, 0.5) is 5.69 Å². The number of aromatic nitrogens is 2. The van der Waals surface area contributed by atoms with Crippen molar-refractivity contribution >= 4 is 21.6 Å². The first kappa shape index (κ1) is 22.3. The molecule has 1 aromatic heterocycles. The Kier molecular flexibility index (Phi) is 6.28. The highest BCUT2D eigenvalue weighted by Crippen LogP contribution is 2.20. The first-order chi connectivity index (χ1) is 15.8. The predicted octanol–water partition coefficient (Wildman–Crippen LogP) is 4.22. The number of anilines is 1. The van der Waals surface area contributed by atoms with Crippen molar-refractivity contribution in [2.45, 2.75) is 25.3 Å². The molecule has 0 saturated heterocycles. The van der Waals surface area contributed by atoms with Gasteiger partial charge in [0.25, 0.3) is 15.9 Å². The molecule has 168 valence electrons. The Hall–Kier alpha value is -3.91. The molecule has 0 spiro atoms. The lowest BCUT2D eigenvalue weighted by molar-refractivity contribution is 0.0950. The number of carbonyl (C=O) groups is 1. The Labute approximate surface area is 193 Å². The van der Waals surface area contributed by atoms with Gasteiger partial charge in [0.2, 0.25) is 0 Å². The zero-order valence-electron chi connectivity index (χ0n) is 18.3. The molecule has 1 heterocycles. The Balaban J connectivity index is 1.47. The molecule has 4 rings (SSSR count). The molecule has 0 unspecified atom stereocenters. The van der Waals surface area contributed by atoms with E-state index in [1.165, 1.54) is 12.1 Å². The molecule has 4 aromatic rings. The van der Waals surface area contributed by atoms with Gasteiger partial charge in [-0.1, -0.05) is 42.0 Å². The number of rotatable bonds is 7. The van der Waals surface area contributed by atoms with Gasteiger partial charge in [-0.15, -0.1) is 0 Å². The number of hydrogen-bond acceptors (Lipinski definition) is 4. The maximum absolute atomic E-state index is 12.8. The van der Waals surface area contributed by atoms with Gasteiger partial charge in [0.15, 0.2) is 0 Å². The maximum atomic E-state index is 12.8. The van der Waals surface area contributed by atoms with E-state index >= 15 is 0 Å². The molecule has 0 bridgehead atoms. The monoisotopic (exact) mass is 460 g/mol. The number of benzene rings is 3. The van der Waals surface area contributed by atoms with E-state index in [2.05, 4.69) is 15.1 Å². The van der Waals surface area contributed by atoms with E-state index in [4.69, 9.17) is 0 Å². The van der Waals surface area contributed by atoms with Crippen LogP contribution in [0, 0.1) is 13.8 Å². The van der Waals surface area contributed by atoms with Gasteiger partial charge in [0.05, 0.1) is 16.8 Å². The number of nitrogens with zero attached hydrogens (tertiary/aromatic N) is 2. The lowest BCUT2D eigenvalue weighted by Crippen LogP contribution is -2.24. The number of aryl methyl sites for hydroxylation is 2. The number of para-hydroxylation sites is 1. The fraction of sp³-hybridized carbons (Fsp3) is 0.120. The Morgan fingerprint density at radius 1 is 0.970 bits per heavy atom. The largest absolute Gasteiger partial charge is 0.348 e. The van der Waals surface area contributed by atoms with Crippen LogP contribution in [0.5, 0.6) is 0 Å². The summed E-state index contributed by atoms with van der Waals surface area (Å²) in [7, 11) is -3.84. The minimum atomic E-state index is -3.84.